The summed E-state index contributed by atoms with van der Waals surface area (Å²) in [4.78, 5) is 21.1. The van der Waals surface area contributed by atoms with E-state index in [4.69, 9.17) is 14.3 Å². The van der Waals surface area contributed by atoms with Gasteiger partial charge in [0.05, 0.1) is 13.7 Å². The number of hydrogen-bond acceptors (Lipinski definition) is 5. The molecule has 0 radical (unpaired) electrons. The van der Waals surface area contributed by atoms with E-state index >= 15 is 0 Å². The zero-order valence-corrected chi connectivity index (χ0v) is 13.5. The minimum absolute atomic E-state index is 0.257. The van der Waals surface area contributed by atoms with E-state index in [1.54, 1.807) is 37.6 Å². The second-order valence-corrected chi connectivity index (χ2v) is 4.73. The fraction of sp³-hybridized carbons (Fsp3) is 0.294. The first-order chi connectivity index (χ1) is 11.2. The van der Waals surface area contributed by atoms with Crippen LogP contribution in [0, 0.1) is 0 Å². The number of carbonyl (C=O) groups is 1. The van der Waals surface area contributed by atoms with Crippen LogP contribution in [0.3, 0.4) is 0 Å². The number of hydroxylamine groups is 2. The van der Waals surface area contributed by atoms with Gasteiger partial charge in [-0.25, -0.2) is 5.06 Å². The van der Waals surface area contributed by atoms with Crippen LogP contribution in [-0.4, -0.2) is 36.7 Å². The van der Waals surface area contributed by atoms with Gasteiger partial charge < -0.3 is 9.47 Å². The summed E-state index contributed by atoms with van der Waals surface area (Å²) >= 11 is 0. The Kier molecular flexibility index (Phi) is 5.94. The zero-order valence-electron chi connectivity index (χ0n) is 13.5. The van der Waals surface area contributed by atoms with E-state index in [1.807, 2.05) is 19.1 Å². The third-order valence-electron chi connectivity index (χ3n) is 3.17. The molecule has 0 aliphatic rings. The molecule has 1 amide bonds. The number of hydrogen-bond donors (Lipinski definition) is 0. The lowest BCUT2D eigenvalue weighted by Gasteiger charge is -2.16. The fourth-order valence-electron chi connectivity index (χ4n) is 1.94. The van der Waals surface area contributed by atoms with Crippen LogP contribution in [0.4, 0.5) is 0 Å². The van der Waals surface area contributed by atoms with Gasteiger partial charge in [-0.1, -0.05) is 6.07 Å². The van der Waals surface area contributed by atoms with Crippen LogP contribution in [0.2, 0.25) is 0 Å². The van der Waals surface area contributed by atoms with Crippen molar-refractivity contribution in [2.75, 3.05) is 20.8 Å². The molecule has 0 N–H and O–H groups in total. The standard InChI is InChI=1S/C17H20N2O4/c1-4-22-16-10-14(17(20)19(2)21-3)7-8-15(16)23-12-13-6-5-9-18-11-13/h5-11H,4,12H2,1-3H3. The maximum Gasteiger partial charge on any atom is 0.277 e. The van der Waals surface area contributed by atoms with Crippen molar-refractivity contribution in [2.24, 2.45) is 0 Å². The highest BCUT2D eigenvalue weighted by molar-refractivity contribution is 5.94. The van der Waals surface area contributed by atoms with Gasteiger partial charge in [0, 0.05) is 30.6 Å². The first kappa shape index (κ1) is 16.8. The van der Waals surface area contributed by atoms with Crippen molar-refractivity contribution in [2.45, 2.75) is 13.5 Å². The van der Waals surface area contributed by atoms with Crippen LogP contribution in [0.1, 0.15) is 22.8 Å². The van der Waals surface area contributed by atoms with Gasteiger partial charge in [-0.15, -0.1) is 0 Å². The number of aromatic nitrogens is 1. The SMILES string of the molecule is CCOc1cc(C(=O)N(C)OC)ccc1OCc1cccnc1. The van der Waals surface area contributed by atoms with Gasteiger partial charge in [0.15, 0.2) is 11.5 Å². The lowest BCUT2D eigenvalue weighted by Crippen LogP contribution is -2.25. The van der Waals surface area contributed by atoms with E-state index in [9.17, 15) is 4.79 Å². The summed E-state index contributed by atoms with van der Waals surface area (Å²) in [6.07, 6.45) is 3.45. The highest BCUT2D eigenvalue weighted by Gasteiger charge is 2.15. The van der Waals surface area contributed by atoms with E-state index < -0.39 is 0 Å². The Balaban J connectivity index is 2.17. The van der Waals surface area contributed by atoms with E-state index in [0.717, 1.165) is 10.6 Å². The monoisotopic (exact) mass is 316 g/mol. The summed E-state index contributed by atoms with van der Waals surface area (Å²) in [6, 6.07) is 8.83. The van der Waals surface area contributed by atoms with E-state index in [1.165, 1.54) is 7.11 Å². The first-order valence-electron chi connectivity index (χ1n) is 7.26. The molecule has 6 heteroatoms. The van der Waals surface area contributed by atoms with Crippen molar-refractivity contribution >= 4 is 5.91 Å². The summed E-state index contributed by atoms with van der Waals surface area (Å²) < 4.78 is 11.4. The largest absolute Gasteiger partial charge is 0.490 e. The second-order valence-electron chi connectivity index (χ2n) is 4.73. The fourth-order valence-corrected chi connectivity index (χ4v) is 1.94. The molecule has 1 heterocycles. The van der Waals surface area contributed by atoms with E-state index in [0.29, 0.717) is 30.3 Å². The molecule has 2 rings (SSSR count). The van der Waals surface area contributed by atoms with Crippen molar-refractivity contribution in [1.29, 1.82) is 0 Å². The van der Waals surface area contributed by atoms with Gasteiger partial charge in [-0.05, 0) is 31.2 Å². The molecule has 0 aliphatic heterocycles. The average molecular weight is 316 g/mol. The predicted molar refractivity (Wildman–Crippen MR) is 85.3 cm³/mol. The number of rotatable bonds is 7. The normalized spacial score (nSPS) is 10.2. The third kappa shape index (κ3) is 4.43. The van der Waals surface area contributed by atoms with Crippen LogP contribution in [0.5, 0.6) is 11.5 Å². The van der Waals surface area contributed by atoms with E-state index in [2.05, 4.69) is 4.98 Å². The van der Waals surface area contributed by atoms with Gasteiger partial charge in [-0.2, -0.15) is 0 Å². The molecule has 23 heavy (non-hydrogen) atoms. The molecule has 0 aliphatic carbocycles. The number of pyridine rings is 1. The Hall–Kier alpha value is -2.60. The maximum atomic E-state index is 12.1. The highest BCUT2D eigenvalue weighted by atomic mass is 16.7. The Bertz CT molecular complexity index is 646. The molecule has 0 fully saturated rings. The van der Waals surface area contributed by atoms with Crippen molar-refractivity contribution < 1.29 is 19.1 Å². The van der Waals surface area contributed by atoms with E-state index in [-0.39, 0.29) is 5.91 Å². The molecular formula is C17H20N2O4. The van der Waals surface area contributed by atoms with Gasteiger partial charge in [0.25, 0.3) is 5.91 Å². The minimum atomic E-state index is -0.257. The predicted octanol–water partition coefficient (Wildman–Crippen LogP) is 2.69. The average Bonchev–Trinajstić information content (AvgIpc) is 2.60. The summed E-state index contributed by atoms with van der Waals surface area (Å²) in [6.45, 7) is 2.72. The Labute approximate surface area is 135 Å². The third-order valence-corrected chi connectivity index (χ3v) is 3.17. The summed E-state index contributed by atoms with van der Waals surface area (Å²) in [5.41, 5.74) is 1.42. The molecule has 122 valence electrons. The van der Waals surface area contributed by atoms with Crippen molar-refractivity contribution in [3.05, 3.63) is 53.9 Å². The Morgan fingerprint density at radius 3 is 2.70 bits per heavy atom. The molecule has 0 saturated carbocycles. The van der Waals surface area contributed by atoms with Crippen molar-refractivity contribution in [3.8, 4) is 11.5 Å². The lowest BCUT2D eigenvalue weighted by atomic mass is 10.2. The lowest BCUT2D eigenvalue weighted by molar-refractivity contribution is -0.0757. The molecule has 0 atom stereocenters. The number of ether oxygens (including phenoxy) is 2. The quantitative estimate of drug-likeness (QED) is 0.735. The van der Waals surface area contributed by atoms with Gasteiger partial charge in [0.2, 0.25) is 0 Å². The van der Waals surface area contributed by atoms with Gasteiger partial charge >= 0.3 is 0 Å². The van der Waals surface area contributed by atoms with Crippen molar-refractivity contribution in [1.82, 2.24) is 10.0 Å². The molecule has 0 unspecified atom stereocenters. The summed E-state index contributed by atoms with van der Waals surface area (Å²) in [5, 5.41) is 1.15. The molecular weight excluding hydrogens is 296 g/mol. The van der Waals surface area contributed by atoms with Crippen molar-refractivity contribution in [3.63, 3.8) is 0 Å². The van der Waals surface area contributed by atoms with Crippen LogP contribution in [-0.2, 0) is 11.4 Å². The number of carbonyl (C=O) groups excluding carboxylic acids is 1. The molecule has 0 bridgehead atoms. The maximum absolute atomic E-state index is 12.1. The number of amides is 1. The molecule has 6 nitrogen and oxygen atoms in total. The Morgan fingerprint density at radius 2 is 2.04 bits per heavy atom. The molecule has 2 aromatic rings. The minimum Gasteiger partial charge on any atom is -0.490 e. The summed E-state index contributed by atoms with van der Waals surface area (Å²) in [5.74, 6) is 0.839. The summed E-state index contributed by atoms with van der Waals surface area (Å²) in [7, 11) is 2.99. The van der Waals surface area contributed by atoms with Gasteiger partial charge in [-0.3, -0.25) is 14.6 Å². The Morgan fingerprint density at radius 1 is 1.22 bits per heavy atom. The van der Waals surface area contributed by atoms with Crippen LogP contribution < -0.4 is 9.47 Å². The second kappa shape index (κ2) is 8.14. The van der Waals surface area contributed by atoms with Crippen LogP contribution in [0.15, 0.2) is 42.7 Å². The zero-order chi connectivity index (χ0) is 16.7. The topological polar surface area (TPSA) is 60.9 Å². The number of benzene rings is 1. The highest BCUT2D eigenvalue weighted by Crippen LogP contribution is 2.29. The molecule has 0 spiro atoms. The molecule has 0 saturated heterocycles. The molecule has 1 aromatic heterocycles. The smallest absolute Gasteiger partial charge is 0.277 e. The number of nitrogens with zero attached hydrogens (tertiary/aromatic N) is 2. The molecule has 1 aromatic carbocycles. The van der Waals surface area contributed by atoms with Crippen LogP contribution >= 0.6 is 0 Å². The first-order valence-corrected chi connectivity index (χ1v) is 7.26. The van der Waals surface area contributed by atoms with Crippen LogP contribution in [0.25, 0.3) is 0 Å². The van der Waals surface area contributed by atoms with Gasteiger partial charge in [0.1, 0.15) is 6.61 Å².